The smallest absolute Gasteiger partial charge is 0.403 e. The first-order valence-electron chi connectivity index (χ1n) is 3.45. The van der Waals surface area contributed by atoms with Gasteiger partial charge in [0.2, 0.25) is 0 Å². The third-order valence-electron chi connectivity index (χ3n) is 1.35. The number of nitrogens with one attached hydrogen (secondary N) is 1. The summed E-state index contributed by atoms with van der Waals surface area (Å²) in [7, 11) is 0. The van der Waals surface area contributed by atoms with Crippen LogP contribution in [0.2, 0.25) is 0 Å². The normalized spacial score (nSPS) is 19.8. The van der Waals surface area contributed by atoms with E-state index in [2.05, 4.69) is 9.84 Å². The molecule has 0 aromatic heterocycles. The zero-order valence-electron chi connectivity index (χ0n) is 6.80. The van der Waals surface area contributed by atoms with Gasteiger partial charge in [0.15, 0.2) is 5.76 Å². The molecule has 0 atom stereocenters. The lowest BCUT2D eigenvalue weighted by molar-refractivity contribution is -0.301. The van der Waals surface area contributed by atoms with E-state index in [1.54, 1.807) is 0 Å². The van der Waals surface area contributed by atoms with Gasteiger partial charge in [-0.15, -0.1) is 13.2 Å². The second-order valence-corrected chi connectivity index (χ2v) is 2.33. The van der Waals surface area contributed by atoms with Gasteiger partial charge >= 0.3 is 6.36 Å². The monoisotopic (exact) mass is 205 g/mol. The third kappa shape index (κ3) is 2.35. The van der Waals surface area contributed by atoms with Gasteiger partial charge in [0, 0.05) is 0 Å². The van der Waals surface area contributed by atoms with E-state index in [1.807, 2.05) is 0 Å². The summed E-state index contributed by atoms with van der Waals surface area (Å²) < 4.78 is 39.1. The topological polar surface area (TPSA) is 71.5 Å². The largest absolute Gasteiger partial charge is 0.573 e. The number of hydrogen-bond donors (Lipinski definition) is 2. The van der Waals surface area contributed by atoms with Crippen LogP contribution in [-0.4, -0.2) is 17.8 Å². The molecule has 0 saturated carbocycles. The molecule has 0 aromatic carbocycles. The standard InChI is InChI=1S/C7H6F3N3O/c8-7(9,10)14-5-3-1-2-4(11)6(5)13-12/h1-3,11H,12H2/b11-4?,13-6+. The lowest BCUT2D eigenvalue weighted by Gasteiger charge is -2.14. The summed E-state index contributed by atoms with van der Waals surface area (Å²) in [5, 5.41) is 10.2. The molecule has 0 aromatic rings. The van der Waals surface area contributed by atoms with Crippen LogP contribution < -0.4 is 5.84 Å². The zero-order chi connectivity index (χ0) is 10.8. The Kier molecular flexibility index (Phi) is 2.59. The molecule has 14 heavy (non-hydrogen) atoms. The van der Waals surface area contributed by atoms with Crippen LogP contribution in [0.4, 0.5) is 13.2 Å². The van der Waals surface area contributed by atoms with Crippen molar-refractivity contribution in [1.29, 1.82) is 5.41 Å². The van der Waals surface area contributed by atoms with Gasteiger partial charge in [-0.25, -0.2) is 0 Å². The summed E-state index contributed by atoms with van der Waals surface area (Å²) in [6.07, 6.45) is -1.27. The number of ether oxygens (including phenoxy) is 1. The summed E-state index contributed by atoms with van der Waals surface area (Å²) >= 11 is 0. The molecule has 3 N–H and O–H groups in total. The fourth-order valence-electron chi connectivity index (χ4n) is 0.863. The van der Waals surface area contributed by atoms with Crippen molar-refractivity contribution < 1.29 is 17.9 Å². The number of halogens is 3. The van der Waals surface area contributed by atoms with Crippen molar-refractivity contribution in [3.05, 3.63) is 24.0 Å². The second-order valence-electron chi connectivity index (χ2n) is 2.33. The van der Waals surface area contributed by atoms with Crippen molar-refractivity contribution >= 4 is 11.4 Å². The zero-order valence-corrected chi connectivity index (χ0v) is 6.80. The van der Waals surface area contributed by atoms with E-state index in [9.17, 15) is 13.2 Å². The minimum Gasteiger partial charge on any atom is -0.403 e. The van der Waals surface area contributed by atoms with E-state index >= 15 is 0 Å². The summed E-state index contributed by atoms with van der Waals surface area (Å²) in [4.78, 5) is 0. The van der Waals surface area contributed by atoms with Crippen LogP contribution in [0.3, 0.4) is 0 Å². The molecule has 1 aliphatic rings. The molecule has 0 heterocycles. The van der Waals surface area contributed by atoms with Gasteiger partial charge < -0.3 is 10.6 Å². The highest BCUT2D eigenvalue weighted by molar-refractivity contribution is 6.51. The molecule has 4 nitrogen and oxygen atoms in total. The van der Waals surface area contributed by atoms with Gasteiger partial charge in [-0.3, -0.25) is 5.41 Å². The molecule has 7 heteroatoms. The predicted molar refractivity (Wildman–Crippen MR) is 43.7 cm³/mol. The highest BCUT2D eigenvalue weighted by Gasteiger charge is 2.34. The van der Waals surface area contributed by atoms with Crippen molar-refractivity contribution in [1.82, 2.24) is 0 Å². The molecular formula is C7H6F3N3O. The minimum absolute atomic E-state index is 0.228. The number of hydrazone groups is 1. The Morgan fingerprint density at radius 1 is 1.43 bits per heavy atom. The molecule has 0 unspecified atom stereocenters. The van der Waals surface area contributed by atoms with E-state index in [0.29, 0.717) is 0 Å². The Bertz CT molecular complexity index is 341. The molecule has 1 aliphatic carbocycles. The highest BCUT2D eigenvalue weighted by Crippen LogP contribution is 2.22. The first-order valence-corrected chi connectivity index (χ1v) is 3.45. The van der Waals surface area contributed by atoms with Crippen molar-refractivity contribution in [3.63, 3.8) is 0 Å². The molecule has 0 radical (unpaired) electrons. The quantitative estimate of drug-likeness (QED) is 0.385. The molecule has 0 aliphatic heterocycles. The maximum absolute atomic E-state index is 11.8. The van der Waals surface area contributed by atoms with Crippen LogP contribution in [0.25, 0.3) is 0 Å². The van der Waals surface area contributed by atoms with E-state index in [4.69, 9.17) is 11.3 Å². The number of hydrogen-bond acceptors (Lipinski definition) is 4. The lowest BCUT2D eigenvalue weighted by atomic mass is 10.1. The van der Waals surface area contributed by atoms with Crippen molar-refractivity contribution in [2.75, 3.05) is 0 Å². The molecule has 76 valence electrons. The van der Waals surface area contributed by atoms with Crippen LogP contribution in [0.1, 0.15) is 0 Å². The number of allylic oxidation sites excluding steroid dienone is 4. The molecule has 0 spiro atoms. The second kappa shape index (κ2) is 3.52. The number of nitrogens with zero attached hydrogens (tertiary/aromatic N) is 1. The Hall–Kier alpha value is -1.79. The lowest BCUT2D eigenvalue weighted by Crippen LogP contribution is -2.24. The Morgan fingerprint density at radius 3 is 2.57 bits per heavy atom. The van der Waals surface area contributed by atoms with E-state index < -0.39 is 12.1 Å². The van der Waals surface area contributed by atoms with Gasteiger partial charge in [0.25, 0.3) is 0 Å². The summed E-state index contributed by atoms with van der Waals surface area (Å²) in [5.74, 6) is 4.25. The van der Waals surface area contributed by atoms with Crippen molar-refractivity contribution in [2.45, 2.75) is 6.36 Å². The summed E-state index contributed by atoms with van der Waals surface area (Å²) in [5.41, 5.74) is -0.556. The molecule has 0 bridgehead atoms. The number of nitrogens with two attached hydrogens (primary N) is 1. The van der Waals surface area contributed by atoms with Crippen LogP contribution in [0.5, 0.6) is 0 Å². The molecule has 1 rings (SSSR count). The van der Waals surface area contributed by atoms with Gasteiger partial charge in [-0.1, -0.05) is 6.08 Å². The fraction of sp³-hybridized carbons (Fsp3) is 0.143. The van der Waals surface area contributed by atoms with E-state index in [-0.39, 0.29) is 11.4 Å². The van der Waals surface area contributed by atoms with Gasteiger partial charge in [-0.2, -0.15) is 5.10 Å². The van der Waals surface area contributed by atoms with Crippen LogP contribution in [-0.2, 0) is 4.74 Å². The third-order valence-corrected chi connectivity index (χ3v) is 1.35. The first kappa shape index (κ1) is 10.3. The number of rotatable bonds is 1. The van der Waals surface area contributed by atoms with Gasteiger partial charge in [0.05, 0.1) is 5.71 Å². The highest BCUT2D eigenvalue weighted by atomic mass is 19.4. The first-order chi connectivity index (χ1) is 6.44. The summed E-state index contributed by atoms with van der Waals surface area (Å²) in [6.45, 7) is 0. The van der Waals surface area contributed by atoms with Crippen LogP contribution >= 0.6 is 0 Å². The van der Waals surface area contributed by atoms with Crippen molar-refractivity contribution in [3.8, 4) is 0 Å². The van der Waals surface area contributed by atoms with E-state index in [1.165, 1.54) is 12.2 Å². The maximum atomic E-state index is 11.8. The Labute approximate surface area is 77.0 Å². The SMILES string of the molecule is N=C1C=CC=C(OC(F)(F)F)/C1=N/N. The predicted octanol–water partition coefficient (Wildman–Crippen LogP) is 1.31. The minimum atomic E-state index is -4.81. The Morgan fingerprint density at radius 2 is 2.07 bits per heavy atom. The van der Waals surface area contributed by atoms with Gasteiger partial charge in [-0.05, 0) is 12.2 Å². The Balaban J connectivity index is 2.92. The van der Waals surface area contributed by atoms with Crippen LogP contribution in [0.15, 0.2) is 29.1 Å². The molecule has 0 amide bonds. The average Bonchev–Trinajstić information content (AvgIpc) is 2.01. The van der Waals surface area contributed by atoms with Gasteiger partial charge in [0.1, 0.15) is 5.71 Å². The number of alkyl halides is 3. The average molecular weight is 205 g/mol. The molecule has 0 fully saturated rings. The van der Waals surface area contributed by atoms with Crippen LogP contribution in [0, 0.1) is 5.41 Å². The maximum Gasteiger partial charge on any atom is 0.573 e. The van der Waals surface area contributed by atoms with E-state index in [0.717, 1.165) is 6.08 Å². The van der Waals surface area contributed by atoms with Crippen molar-refractivity contribution in [2.24, 2.45) is 10.9 Å². The molecule has 0 saturated heterocycles. The fourth-order valence-corrected chi connectivity index (χ4v) is 0.863. The summed E-state index contributed by atoms with van der Waals surface area (Å²) in [6, 6.07) is 0. The molecular weight excluding hydrogens is 199 g/mol.